The second kappa shape index (κ2) is 7.03. The van der Waals surface area contributed by atoms with E-state index in [2.05, 4.69) is 5.32 Å². The van der Waals surface area contributed by atoms with Crippen LogP contribution >= 0.6 is 11.3 Å². The Balaban J connectivity index is 1.48. The van der Waals surface area contributed by atoms with E-state index in [0.717, 1.165) is 41.0 Å². The number of hydrogen-bond donors (Lipinski definition) is 1. The zero-order chi connectivity index (χ0) is 18.1. The summed E-state index contributed by atoms with van der Waals surface area (Å²) < 4.78 is 0. The first-order valence-corrected chi connectivity index (χ1v) is 9.81. The first-order chi connectivity index (χ1) is 12.6. The third kappa shape index (κ3) is 3.05. The number of rotatable bonds is 4. The van der Waals surface area contributed by atoms with E-state index in [1.165, 1.54) is 0 Å². The van der Waals surface area contributed by atoms with Gasteiger partial charge in [-0.3, -0.25) is 19.3 Å². The van der Waals surface area contributed by atoms with Gasteiger partial charge in [0.2, 0.25) is 17.7 Å². The predicted molar refractivity (Wildman–Crippen MR) is 101 cm³/mol. The molecule has 134 valence electrons. The average Bonchev–Trinajstić information content (AvgIpc) is 3.26. The lowest BCUT2D eigenvalue weighted by Gasteiger charge is -2.19. The molecule has 2 unspecified atom stereocenters. The molecule has 26 heavy (non-hydrogen) atoms. The third-order valence-electron chi connectivity index (χ3n) is 5.22. The second-order valence-corrected chi connectivity index (χ2v) is 7.78. The molecular formula is C20H20N2O3S. The Morgan fingerprint density at radius 3 is 2.38 bits per heavy atom. The number of benzene rings is 1. The standard InChI is InChI=1S/C20H20N2O3S/c23-18(12-22-19(24)13-6-1-2-7-14(13)20(22)25)21-16-9-4-3-8-15(16)17-10-5-11-26-17/h3-5,8-11,13-14H,1-2,6-7,12H2,(H,21,23). The molecule has 2 atom stereocenters. The van der Waals surface area contributed by atoms with E-state index in [-0.39, 0.29) is 36.1 Å². The topological polar surface area (TPSA) is 66.5 Å². The molecule has 1 saturated carbocycles. The zero-order valence-corrected chi connectivity index (χ0v) is 15.1. The maximum absolute atomic E-state index is 12.5. The van der Waals surface area contributed by atoms with Crippen molar-refractivity contribution in [2.45, 2.75) is 25.7 Å². The molecule has 1 aromatic heterocycles. The number of para-hydroxylation sites is 1. The van der Waals surface area contributed by atoms with Gasteiger partial charge in [-0.05, 0) is 30.4 Å². The minimum atomic E-state index is -0.339. The minimum Gasteiger partial charge on any atom is -0.324 e. The largest absolute Gasteiger partial charge is 0.324 e. The number of fused-ring (bicyclic) bond motifs is 1. The summed E-state index contributed by atoms with van der Waals surface area (Å²) in [5.41, 5.74) is 1.63. The zero-order valence-electron chi connectivity index (χ0n) is 14.3. The van der Waals surface area contributed by atoms with Gasteiger partial charge < -0.3 is 5.32 Å². The molecule has 2 fully saturated rings. The van der Waals surface area contributed by atoms with Crippen molar-refractivity contribution in [1.82, 2.24) is 4.90 Å². The fraction of sp³-hybridized carbons (Fsp3) is 0.350. The molecule has 4 rings (SSSR count). The molecule has 1 aromatic carbocycles. The Hall–Kier alpha value is -2.47. The highest BCUT2D eigenvalue weighted by Crippen LogP contribution is 2.38. The van der Waals surface area contributed by atoms with Crippen molar-refractivity contribution < 1.29 is 14.4 Å². The Kier molecular flexibility index (Phi) is 4.59. The number of carbonyl (C=O) groups excluding carboxylic acids is 3. The van der Waals surface area contributed by atoms with E-state index in [9.17, 15) is 14.4 Å². The fourth-order valence-corrected chi connectivity index (χ4v) is 4.72. The van der Waals surface area contributed by atoms with E-state index in [0.29, 0.717) is 5.69 Å². The fourth-order valence-electron chi connectivity index (χ4n) is 3.96. The van der Waals surface area contributed by atoms with Gasteiger partial charge in [0, 0.05) is 16.1 Å². The lowest BCUT2D eigenvalue weighted by atomic mass is 9.81. The van der Waals surface area contributed by atoms with Crippen LogP contribution in [0.15, 0.2) is 41.8 Å². The first kappa shape index (κ1) is 17.0. The van der Waals surface area contributed by atoms with Gasteiger partial charge in [0.1, 0.15) is 6.54 Å². The van der Waals surface area contributed by atoms with Crippen LogP contribution < -0.4 is 5.32 Å². The van der Waals surface area contributed by atoms with Crippen molar-refractivity contribution in [2.75, 3.05) is 11.9 Å². The molecule has 5 nitrogen and oxygen atoms in total. The van der Waals surface area contributed by atoms with Crippen molar-refractivity contribution in [3.05, 3.63) is 41.8 Å². The summed E-state index contributed by atoms with van der Waals surface area (Å²) in [7, 11) is 0. The summed E-state index contributed by atoms with van der Waals surface area (Å²) >= 11 is 1.59. The summed E-state index contributed by atoms with van der Waals surface area (Å²) in [6.07, 6.45) is 3.48. The number of likely N-dealkylation sites (tertiary alicyclic amines) is 1. The van der Waals surface area contributed by atoms with Gasteiger partial charge in [0.05, 0.1) is 11.8 Å². The SMILES string of the molecule is O=C(CN1C(=O)C2CCCCC2C1=O)Nc1ccccc1-c1cccs1. The van der Waals surface area contributed by atoms with E-state index < -0.39 is 0 Å². The van der Waals surface area contributed by atoms with Gasteiger partial charge in [0.15, 0.2) is 0 Å². The molecule has 0 bridgehead atoms. The van der Waals surface area contributed by atoms with Crippen molar-refractivity contribution in [3.8, 4) is 10.4 Å². The number of imide groups is 1. The maximum atomic E-state index is 12.5. The summed E-state index contributed by atoms with van der Waals surface area (Å²) in [5.74, 6) is -1.14. The van der Waals surface area contributed by atoms with E-state index >= 15 is 0 Å². The predicted octanol–water partition coefficient (Wildman–Crippen LogP) is 3.53. The van der Waals surface area contributed by atoms with Crippen LogP contribution in [0.5, 0.6) is 0 Å². The normalized spacial score (nSPS) is 22.4. The van der Waals surface area contributed by atoms with Crippen LogP contribution in [-0.4, -0.2) is 29.2 Å². The van der Waals surface area contributed by atoms with Gasteiger partial charge >= 0.3 is 0 Å². The summed E-state index contributed by atoms with van der Waals surface area (Å²) in [6.45, 7) is -0.205. The van der Waals surface area contributed by atoms with Crippen LogP contribution in [0.1, 0.15) is 25.7 Å². The molecular weight excluding hydrogens is 348 g/mol. The minimum absolute atomic E-state index is 0.179. The molecule has 2 aliphatic rings. The number of amides is 3. The lowest BCUT2D eigenvalue weighted by molar-refractivity contribution is -0.142. The number of anilines is 1. The highest BCUT2D eigenvalue weighted by molar-refractivity contribution is 7.13. The Morgan fingerprint density at radius 2 is 1.73 bits per heavy atom. The van der Waals surface area contributed by atoms with E-state index in [1.54, 1.807) is 11.3 Å². The van der Waals surface area contributed by atoms with Crippen molar-refractivity contribution in [2.24, 2.45) is 11.8 Å². The van der Waals surface area contributed by atoms with Gasteiger partial charge in [-0.2, -0.15) is 0 Å². The monoisotopic (exact) mass is 368 g/mol. The molecule has 3 amide bonds. The second-order valence-electron chi connectivity index (χ2n) is 6.83. The van der Waals surface area contributed by atoms with Crippen molar-refractivity contribution in [3.63, 3.8) is 0 Å². The molecule has 1 aliphatic carbocycles. The quantitative estimate of drug-likeness (QED) is 0.840. The number of nitrogens with one attached hydrogen (secondary N) is 1. The first-order valence-electron chi connectivity index (χ1n) is 8.93. The smallest absolute Gasteiger partial charge is 0.244 e. The molecule has 1 N–H and O–H groups in total. The number of thiophene rings is 1. The van der Waals surface area contributed by atoms with Crippen molar-refractivity contribution in [1.29, 1.82) is 0 Å². The molecule has 1 saturated heterocycles. The lowest BCUT2D eigenvalue weighted by Crippen LogP contribution is -2.38. The van der Waals surface area contributed by atoms with Crippen LogP contribution in [0.25, 0.3) is 10.4 Å². The molecule has 0 radical (unpaired) electrons. The van der Waals surface area contributed by atoms with E-state index in [4.69, 9.17) is 0 Å². The van der Waals surface area contributed by atoms with Gasteiger partial charge in [-0.1, -0.05) is 37.1 Å². The number of carbonyl (C=O) groups is 3. The number of nitrogens with zero attached hydrogens (tertiary/aromatic N) is 1. The van der Waals surface area contributed by atoms with Crippen molar-refractivity contribution >= 4 is 34.7 Å². The molecule has 2 aromatic rings. The van der Waals surface area contributed by atoms with Gasteiger partial charge in [0.25, 0.3) is 0 Å². The van der Waals surface area contributed by atoms with E-state index in [1.807, 2.05) is 41.8 Å². The highest BCUT2D eigenvalue weighted by Gasteiger charge is 2.48. The Labute approximate surface area is 156 Å². The molecule has 0 spiro atoms. The van der Waals surface area contributed by atoms with Gasteiger partial charge in [-0.15, -0.1) is 11.3 Å². The molecule has 1 aliphatic heterocycles. The molecule has 2 heterocycles. The third-order valence-corrected chi connectivity index (χ3v) is 6.13. The van der Waals surface area contributed by atoms with Crippen LogP contribution in [0.3, 0.4) is 0 Å². The van der Waals surface area contributed by atoms with Crippen LogP contribution in [0.2, 0.25) is 0 Å². The molecule has 6 heteroatoms. The Bertz CT molecular complexity index is 823. The Morgan fingerprint density at radius 1 is 1.04 bits per heavy atom. The maximum Gasteiger partial charge on any atom is 0.244 e. The van der Waals surface area contributed by atoms with Gasteiger partial charge in [-0.25, -0.2) is 0 Å². The van der Waals surface area contributed by atoms with Crippen LogP contribution in [0.4, 0.5) is 5.69 Å². The highest BCUT2D eigenvalue weighted by atomic mass is 32.1. The average molecular weight is 368 g/mol. The summed E-state index contributed by atoms with van der Waals surface area (Å²) in [6, 6.07) is 11.5. The van der Waals surface area contributed by atoms with Crippen LogP contribution in [0, 0.1) is 11.8 Å². The number of hydrogen-bond acceptors (Lipinski definition) is 4. The summed E-state index contributed by atoms with van der Waals surface area (Å²) in [5, 5.41) is 4.85. The van der Waals surface area contributed by atoms with Crippen LogP contribution in [-0.2, 0) is 14.4 Å². The summed E-state index contributed by atoms with van der Waals surface area (Å²) in [4.78, 5) is 39.8.